The summed E-state index contributed by atoms with van der Waals surface area (Å²) in [5.41, 5.74) is 2.06. The first-order valence-electron chi connectivity index (χ1n) is 10.3. The monoisotopic (exact) mass is 457 g/mol. The summed E-state index contributed by atoms with van der Waals surface area (Å²) in [6, 6.07) is 8.81. The van der Waals surface area contributed by atoms with E-state index in [9.17, 15) is 8.42 Å². The van der Waals surface area contributed by atoms with E-state index in [-0.39, 0.29) is 21.7 Å². The maximum Gasteiger partial charge on any atom is 0.229 e. The first-order valence-corrected chi connectivity index (χ1v) is 12.6. The van der Waals surface area contributed by atoms with Gasteiger partial charge in [-0.25, -0.2) is 13.4 Å². The summed E-state index contributed by atoms with van der Waals surface area (Å²) >= 11 is 1.52. The maximum atomic E-state index is 13.3. The van der Waals surface area contributed by atoms with E-state index < -0.39 is 9.84 Å². The van der Waals surface area contributed by atoms with Gasteiger partial charge in [-0.1, -0.05) is 31.2 Å². The van der Waals surface area contributed by atoms with Gasteiger partial charge >= 0.3 is 0 Å². The second-order valence-electron chi connectivity index (χ2n) is 7.97. The van der Waals surface area contributed by atoms with Crippen LogP contribution in [-0.4, -0.2) is 47.5 Å². The van der Waals surface area contributed by atoms with Gasteiger partial charge in [0.25, 0.3) is 0 Å². The van der Waals surface area contributed by atoms with Crippen LogP contribution in [0.2, 0.25) is 0 Å². The van der Waals surface area contributed by atoms with Crippen LogP contribution in [0, 0.1) is 0 Å². The zero-order valence-electron chi connectivity index (χ0n) is 17.3. The zero-order valence-corrected chi connectivity index (χ0v) is 18.9. The van der Waals surface area contributed by atoms with Crippen LogP contribution in [0.25, 0.3) is 15.9 Å². The van der Waals surface area contributed by atoms with Crippen LogP contribution in [0.15, 0.2) is 45.6 Å². The van der Waals surface area contributed by atoms with E-state index in [0.717, 1.165) is 35.2 Å². The number of rotatable bonds is 6. The molecule has 10 heteroatoms. The molecule has 31 heavy (non-hydrogen) atoms. The molecular weight excluding hydrogens is 434 g/mol. The molecule has 0 radical (unpaired) electrons. The normalized spacial score (nSPS) is 17.2. The quantitative estimate of drug-likeness (QED) is 0.469. The molecule has 1 fully saturated rings. The summed E-state index contributed by atoms with van der Waals surface area (Å²) in [5.74, 6) is 0.944. The van der Waals surface area contributed by atoms with Crippen LogP contribution in [-0.2, 0) is 14.6 Å². The van der Waals surface area contributed by atoms with Crippen LogP contribution < -0.4 is 5.32 Å². The maximum absolute atomic E-state index is 13.3. The van der Waals surface area contributed by atoms with Gasteiger partial charge in [0.1, 0.15) is 5.82 Å². The fourth-order valence-corrected chi connectivity index (χ4v) is 5.85. The molecule has 1 atom stereocenters. The number of aromatic nitrogens is 4. The molecule has 4 aromatic rings. The second-order valence-corrected chi connectivity index (χ2v) is 10.7. The number of anilines is 1. The number of fused-ring (bicyclic) bond motifs is 3. The third-order valence-corrected chi connectivity index (χ3v) is 8.13. The smallest absolute Gasteiger partial charge is 0.229 e. The number of benzene rings is 1. The highest BCUT2D eigenvalue weighted by molar-refractivity contribution is 7.91. The lowest BCUT2D eigenvalue weighted by atomic mass is 10.0. The van der Waals surface area contributed by atoms with E-state index in [1.54, 1.807) is 12.1 Å². The molecule has 0 unspecified atom stereocenters. The molecule has 0 bridgehead atoms. The summed E-state index contributed by atoms with van der Waals surface area (Å²) in [5, 5.41) is 13.3. The Bertz CT molecular complexity index is 1340. The number of hydrogen-bond donors (Lipinski definition) is 1. The van der Waals surface area contributed by atoms with Gasteiger partial charge in [-0.15, -0.1) is 16.4 Å². The average Bonchev–Trinajstić information content (AvgIpc) is 3.52. The van der Waals surface area contributed by atoms with Gasteiger partial charge in [0.15, 0.2) is 5.65 Å². The van der Waals surface area contributed by atoms with E-state index in [0.29, 0.717) is 18.3 Å². The molecule has 4 heterocycles. The lowest BCUT2D eigenvalue weighted by Crippen LogP contribution is -2.19. The molecular formula is C21H23N5O3S2. The van der Waals surface area contributed by atoms with Crippen molar-refractivity contribution in [3.8, 4) is 0 Å². The molecule has 3 aromatic heterocycles. The molecule has 8 nitrogen and oxygen atoms in total. The highest BCUT2D eigenvalue weighted by atomic mass is 32.2. The van der Waals surface area contributed by atoms with Gasteiger partial charge in [0, 0.05) is 13.2 Å². The van der Waals surface area contributed by atoms with Crippen molar-refractivity contribution in [2.75, 3.05) is 18.5 Å². The van der Waals surface area contributed by atoms with Gasteiger partial charge in [0.2, 0.25) is 14.9 Å². The van der Waals surface area contributed by atoms with E-state index >= 15 is 0 Å². The van der Waals surface area contributed by atoms with E-state index in [2.05, 4.69) is 34.5 Å². The summed E-state index contributed by atoms with van der Waals surface area (Å²) in [6.45, 7) is 5.53. The Balaban J connectivity index is 1.58. The van der Waals surface area contributed by atoms with Crippen LogP contribution >= 0.6 is 11.3 Å². The van der Waals surface area contributed by atoms with Crippen molar-refractivity contribution in [3.05, 3.63) is 41.3 Å². The van der Waals surface area contributed by atoms with Crippen molar-refractivity contribution < 1.29 is 13.2 Å². The molecule has 1 N–H and O–H groups in total. The second kappa shape index (κ2) is 7.85. The highest BCUT2D eigenvalue weighted by Gasteiger charge is 2.27. The third-order valence-electron chi connectivity index (χ3n) is 5.56. The van der Waals surface area contributed by atoms with Crippen molar-refractivity contribution in [3.63, 3.8) is 0 Å². The lowest BCUT2D eigenvalue weighted by molar-refractivity contribution is 0.120. The summed E-state index contributed by atoms with van der Waals surface area (Å²) in [6.07, 6.45) is 2.19. The number of hydrogen-bond acceptors (Lipinski definition) is 8. The Kier molecular flexibility index (Phi) is 5.15. The Morgan fingerprint density at radius 3 is 2.77 bits per heavy atom. The minimum atomic E-state index is -3.87. The minimum Gasteiger partial charge on any atom is -0.376 e. The topological polar surface area (TPSA) is 98.5 Å². The predicted molar refractivity (Wildman–Crippen MR) is 120 cm³/mol. The third kappa shape index (κ3) is 3.58. The Morgan fingerprint density at radius 2 is 2.06 bits per heavy atom. The van der Waals surface area contributed by atoms with Gasteiger partial charge in [-0.2, -0.15) is 4.52 Å². The van der Waals surface area contributed by atoms with Crippen molar-refractivity contribution >= 4 is 42.9 Å². The van der Waals surface area contributed by atoms with Crippen molar-refractivity contribution in [1.29, 1.82) is 0 Å². The molecule has 162 valence electrons. The van der Waals surface area contributed by atoms with Crippen molar-refractivity contribution in [2.45, 2.75) is 48.6 Å². The number of thiophene rings is 1. The van der Waals surface area contributed by atoms with E-state index in [4.69, 9.17) is 4.74 Å². The van der Waals surface area contributed by atoms with E-state index in [1.165, 1.54) is 15.9 Å². The van der Waals surface area contributed by atoms with Crippen LogP contribution in [0.1, 0.15) is 38.2 Å². The predicted octanol–water partition coefficient (Wildman–Crippen LogP) is 3.89. The molecule has 1 saturated heterocycles. The first-order chi connectivity index (χ1) is 14.9. The Morgan fingerprint density at radius 1 is 1.26 bits per heavy atom. The standard InChI is InChI=1S/C21H23N5O3S2/c1-13(2)14-5-7-16(8-6-14)31(27,28)21-20-23-19(22-12-15-4-3-10-29-15)18-17(9-11-30-18)26(20)25-24-21/h5-9,11,13,15H,3-4,10,12H2,1-2H3,(H,22,23)/t15-/m1/s1. The largest absolute Gasteiger partial charge is 0.376 e. The lowest BCUT2D eigenvalue weighted by Gasteiger charge is -2.12. The number of ether oxygens (including phenoxy) is 1. The van der Waals surface area contributed by atoms with Crippen LogP contribution in [0.3, 0.4) is 0 Å². The number of nitrogens with one attached hydrogen (secondary N) is 1. The zero-order chi connectivity index (χ0) is 21.6. The highest BCUT2D eigenvalue weighted by Crippen LogP contribution is 2.31. The molecule has 0 spiro atoms. The fourth-order valence-electron chi connectivity index (χ4n) is 3.78. The Hall–Kier alpha value is -2.56. The number of sulfone groups is 1. The van der Waals surface area contributed by atoms with E-state index in [1.807, 2.05) is 23.6 Å². The molecule has 1 aromatic carbocycles. The summed E-state index contributed by atoms with van der Waals surface area (Å²) in [7, 11) is -3.87. The van der Waals surface area contributed by atoms with Gasteiger partial charge in [-0.3, -0.25) is 0 Å². The van der Waals surface area contributed by atoms with Gasteiger partial charge < -0.3 is 10.1 Å². The molecule has 0 aliphatic carbocycles. The van der Waals surface area contributed by atoms with Crippen molar-refractivity contribution in [2.24, 2.45) is 0 Å². The molecule has 1 aliphatic rings. The number of nitrogens with zero attached hydrogens (tertiary/aromatic N) is 4. The van der Waals surface area contributed by atoms with Crippen LogP contribution in [0.4, 0.5) is 5.82 Å². The average molecular weight is 458 g/mol. The summed E-state index contributed by atoms with van der Waals surface area (Å²) in [4.78, 5) is 4.82. The Labute approximate surface area is 184 Å². The molecule has 0 saturated carbocycles. The SMILES string of the molecule is CC(C)c1ccc(S(=O)(=O)c2nnn3c2nc(NC[C@H]2CCCO2)c2sccc23)cc1. The fraction of sp³-hybridized carbons (Fsp3) is 0.381. The molecule has 0 amide bonds. The molecule has 5 rings (SSSR count). The van der Waals surface area contributed by atoms with Crippen molar-refractivity contribution in [1.82, 2.24) is 19.8 Å². The summed E-state index contributed by atoms with van der Waals surface area (Å²) < 4.78 is 34.8. The van der Waals surface area contributed by atoms with Crippen LogP contribution in [0.5, 0.6) is 0 Å². The van der Waals surface area contributed by atoms with Gasteiger partial charge in [0.05, 0.1) is 21.2 Å². The molecule has 1 aliphatic heterocycles. The van der Waals surface area contributed by atoms with Gasteiger partial charge in [-0.05, 0) is 47.9 Å². The first kappa shape index (κ1) is 20.3. The minimum absolute atomic E-state index is 0.138.